The zero-order valence-electron chi connectivity index (χ0n) is 10.9. The Hall–Kier alpha value is -1.29. The highest BCUT2D eigenvalue weighted by atomic mass is 16.3. The lowest BCUT2D eigenvalue weighted by molar-refractivity contribution is 0.0702. The van der Waals surface area contributed by atoms with Crippen LogP contribution in [0.5, 0.6) is 0 Å². The van der Waals surface area contributed by atoms with Gasteiger partial charge in [0.1, 0.15) is 5.76 Å². The van der Waals surface area contributed by atoms with E-state index < -0.39 is 0 Å². The number of amides is 1. The highest BCUT2D eigenvalue weighted by molar-refractivity contribution is 5.95. The van der Waals surface area contributed by atoms with Crippen molar-refractivity contribution in [3.05, 3.63) is 23.7 Å². The van der Waals surface area contributed by atoms with Gasteiger partial charge in [-0.25, -0.2) is 0 Å². The van der Waals surface area contributed by atoms with E-state index in [0.717, 1.165) is 18.6 Å². The predicted octanol–water partition coefficient (Wildman–Crippen LogP) is 2.04. The van der Waals surface area contributed by atoms with Gasteiger partial charge in [0, 0.05) is 19.0 Å². The second kappa shape index (κ2) is 6.45. The number of hydrogen-bond acceptors (Lipinski definition) is 3. The molecule has 4 heteroatoms. The highest BCUT2D eigenvalue weighted by Crippen LogP contribution is 2.15. The van der Waals surface area contributed by atoms with Crippen molar-refractivity contribution in [3.63, 3.8) is 0 Å². The van der Waals surface area contributed by atoms with Crippen LogP contribution in [0.15, 0.2) is 16.7 Å². The summed E-state index contributed by atoms with van der Waals surface area (Å²) in [6.07, 6.45) is 3.13. The molecule has 0 saturated heterocycles. The molecule has 4 nitrogen and oxygen atoms in total. The number of hydrogen-bond donors (Lipinski definition) is 1. The van der Waals surface area contributed by atoms with E-state index in [1.165, 1.54) is 0 Å². The van der Waals surface area contributed by atoms with E-state index >= 15 is 0 Å². The van der Waals surface area contributed by atoms with Gasteiger partial charge in [0.25, 0.3) is 5.91 Å². The van der Waals surface area contributed by atoms with Gasteiger partial charge in [-0.1, -0.05) is 6.92 Å². The maximum absolute atomic E-state index is 12.4. The van der Waals surface area contributed by atoms with Crippen LogP contribution in [-0.2, 0) is 6.42 Å². The van der Waals surface area contributed by atoms with Gasteiger partial charge in [0.15, 0.2) is 0 Å². The van der Waals surface area contributed by atoms with Crippen LogP contribution < -0.4 is 5.73 Å². The van der Waals surface area contributed by atoms with E-state index in [1.807, 2.05) is 25.7 Å². The van der Waals surface area contributed by atoms with Gasteiger partial charge in [-0.15, -0.1) is 0 Å². The summed E-state index contributed by atoms with van der Waals surface area (Å²) in [4.78, 5) is 14.2. The van der Waals surface area contributed by atoms with Crippen molar-refractivity contribution >= 4 is 5.91 Å². The Balaban J connectivity index is 2.84. The Labute approximate surface area is 103 Å². The van der Waals surface area contributed by atoms with E-state index in [4.69, 9.17) is 10.2 Å². The van der Waals surface area contributed by atoms with Gasteiger partial charge < -0.3 is 15.1 Å². The van der Waals surface area contributed by atoms with Crippen molar-refractivity contribution in [1.29, 1.82) is 0 Å². The van der Waals surface area contributed by atoms with Gasteiger partial charge in [0.05, 0.1) is 11.8 Å². The number of aryl methyl sites for hydroxylation is 1. The highest BCUT2D eigenvalue weighted by Gasteiger charge is 2.21. The second-order valence-corrected chi connectivity index (χ2v) is 4.35. The fraction of sp³-hybridized carbons (Fsp3) is 0.615. The average molecular weight is 238 g/mol. The number of nitrogens with zero attached hydrogens (tertiary/aromatic N) is 1. The smallest absolute Gasteiger partial charge is 0.257 e. The molecule has 0 unspecified atom stereocenters. The van der Waals surface area contributed by atoms with Crippen molar-refractivity contribution in [2.45, 2.75) is 39.7 Å². The first-order valence-electron chi connectivity index (χ1n) is 6.19. The number of nitrogens with two attached hydrogens (primary N) is 1. The number of carbonyl (C=O) groups is 1. The second-order valence-electron chi connectivity index (χ2n) is 4.35. The standard InChI is InChI=1S/C13H22N2O2/c1-4-12-11(6-9-17-12)13(16)15(10(2)3)8-5-7-14/h6,9-10H,4-5,7-8,14H2,1-3H3. The zero-order valence-corrected chi connectivity index (χ0v) is 10.9. The van der Waals surface area contributed by atoms with Crippen LogP contribution in [-0.4, -0.2) is 29.9 Å². The molecule has 0 fully saturated rings. The monoisotopic (exact) mass is 238 g/mol. The van der Waals surface area contributed by atoms with E-state index in [-0.39, 0.29) is 11.9 Å². The Kier molecular flexibility index (Phi) is 5.22. The molecule has 2 N–H and O–H groups in total. The van der Waals surface area contributed by atoms with Crippen molar-refractivity contribution in [2.75, 3.05) is 13.1 Å². The third-order valence-electron chi connectivity index (χ3n) is 2.78. The molecule has 0 saturated carbocycles. The quantitative estimate of drug-likeness (QED) is 0.825. The van der Waals surface area contributed by atoms with Gasteiger partial charge in [-0.3, -0.25) is 4.79 Å². The fourth-order valence-electron chi connectivity index (χ4n) is 1.82. The largest absolute Gasteiger partial charge is 0.469 e. The maximum atomic E-state index is 12.4. The lowest BCUT2D eigenvalue weighted by Crippen LogP contribution is -2.38. The first-order valence-corrected chi connectivity index (χ1v) is 6.19. The SMILES string of the molecule is CCc1occc1C(=O)N(CCCN)C(C)C. The Bertz CT molecular complexity index is 358. The minimum atomic E-state index is 0.0408. The molecule has 1 aromatic rings. The third kappa shape index (κ3) is 3.33. The Morgan fingerprint density at radius 1 is 1.53 bits per heavy atom. The average Bonchev–Trinajstić information content (AvgIpc) is 2.76. The zero-order chi connectivity index (χ0) is 12.8. The lowest BCUT2D eigenvalue weighted by Gasteiger charge is -2.26. The number of rotatable bonds is 6. The maximum Gasteiger partial charge on any atom is 0.257 e. The molecule has 1 aromatic heterocycles. The first-order chi connectivity index (χ1) is 8.11. The van der Waals surface area contributed by atoms with Crippen LogP contribution in [0.25, 0.3) is 0 Å². The lowest BCUT2D eigenvalue weighted by atomic mass is 10.1. The summed E-state index contributed by atoms with van der Waals surface area (Å²) < 4.78 is 5.30. The normalized spacial score (nSPS) is 10.9. The van der Waals surface area contributed by atoms with Crippen molar-refractivity contribution in [1.82, 2.24) is 4.90 Å². The summed E-state index contributed by atoms with van der Waals surface area (Å²) in [6, 6.07) is 1.92. The molecular formula is C13H22N2O2. The summed E-state index contributed by atoms with van der Waals surface area (Å²) in [5, 5.41) is 0. The van der Waals surface area contributed by atoms with Crippen molar-refractivity contribution in [2.24, 2.45) is 5.73 Å². The minimum Gasteiger partial charge on any atom is -0.469 e. The van der Waals surface area contributed by atoms with E-state index in [1.54, 1.807) is 12.3 Å². The third-order valence-corrected chi connectivity index (χ3v) is 2.78. The predicted molar refractivity (Wildman–Crippen MR) is 67.9 cm³/mol. The number of carbonyl (C=O) groups excluding carboxylic acids is 1. The van der Waals surface area contributed by atoms with Crippen LogP contribution in [0.3, 0.4) is 0 Å². The molecular weight excluding hydrogens is 216 g/mol. The molecule has 0 aromatic carbocycles. The summed E-state index contributed by atoms with van der Waals surface area (Å²) >= 11 is 0. The molecule has 0 bridgehead atoms. The molecule has 0 aliphatic rings. The van der Waals surface area contributed by atoms with Gasteiger partial charge in [-0.05, 0) is 32.9 Å². The molecule has 0 atom stereocenters. The van der Waals surface area contributed by atoms with E-state index in [2.05, 4.69) is 0 Å². The van der Waals surface area contributed by atoms with Crippen LogP contribution in [0.1, 0.15) is 43.3 Å². The molecule has 1 amide bonds. The van der Waals surface area contributed by atoms with Crippen molar-refractivity contribution in [3.8, 4) is 0 Å². The Morgan fingerprint density at radius 3 is 2.76 bits per heavy atom. The van der Waals surface area contributed by atoms with Crippen LogP contribution in [0.2, 0.25) is 0 Å². The van der Waals surface area contributed by atoms with Gasteiger partial charge in [0.2, 0.25) is 0 Å². The molecule has 0 aliphatic heterocycles. The summed E-state index contributed by atoms with van der Waals surface area (Å²) in [6.45, 7) is 7.30. The van der Waals surface area contributed by atoms with Crippen LogP contribution in [0.4, 0.5) is 0 Å². The molecule has 1 heterocycles. The van der Waals surface area contributed by atoms with E-state index in [9.17, 15) is 4.79 Å². The molecule has 96 valence electrons. The van der Waals surface area contributed by atoms with Gasteiger partial charge >= 0.3 is 0 Å². The van der Waals surface area contributed by atoms with Crippen LogP contribution in [0, 0.1) is 0 Å². The molecule has 0 radical (unpaired) electrons. The summed E-state index contributed by atoms with van der Waals surface area (Å²) in [5.41, 5.74) is 6.17. The Morgan fingerprint density at radius 2 is 2.24 bits per heavy atom. The summed E-state index contributed by atoms with van der Waals surface area (Å²) in [7, 11) is 0. The molecule has 0 spiro atoms. The molecule has 1 rings (SSSR count). The number of furan rings is 1. The van der Waals surface area contributed by atoms with Gasteiger partial charge in [-0.2, -0.15) is 0 Å². The topological polar surface area (TPSA) is 59.5 Å². The van der Waals surface area contributed by atoms with Crippen LogP contribution >= 0.6 is 0 Å². The first kappa shape index (κ1) is 13.8. The molecule has 0 aliphatic carbocycles. The minimum absolute atomic E-state index is 0.0408. The molecule has 17 heavy (non-hydrogen) atoms. The van der Waals surface area contributed by atoms with E-state index in [0.29, 0.717) is 18.7 Å². The van der Waals surface area contributed by atoms with Crippen molar-refractivity contribution < 1.29 is 9.21 Å². The summed E-state index contributed by atoms with van der Waals surface area (Å²) in [5.74, 6) is 0.799. The fourth-order valence-corrected chi connectivity index (χ4v) is 1.82.